The number of carbonyl (C=O) groups excluding carboxylic acids is 4. The van der Waals surface area contributed by atoms with Gasteiger partial charge < -0.3 is 21.3 Å². The first-order valence-corrected chi connectivity index (χ1v) is 11.3. The fourth-order valence-electron chi connectivity index (χ4n) is 3.45. The third-order valence-electron chi connectivity index (χ3n) is 5.45. The van der Waals surface area contributed by atoms with Crippen LogP contribution in [0.15, 0.2) is 78.9 Å². The van der Waals surface area contributed by atoms with E-state index in [4.69, 9.17) is 5.73 Å². The molecule has 0 saturated carbocycles. The van der Waals surface area contributed by atoms with Crippen molar-refractivity contribution in [3.8, 4) is 11.1 Å². The van der Waals surface area contributed by atoms with Crippen molar-refractivity contribution < 1.29 is 19.2 Å². The predicted molar refractivity (Wildman–Crippen MR) is 135 cm³/mol. The number of hydrogen-bond acceptors (Lipinski definition) is 4. The number of primary amides is 1. The maximum Gasteiger partial charge on any atom is 0.251 e. The highest BCUT2D eigenvalue weighted by Gasteiger charge is 2.15. The van der Waals surface area contributed by atoms with Crippen molar-refractivity contribution >= 4 is 29.3 Å². The van der Waals surface area contributed by atoms with Crippen LogP contribution in [0.25, 0.3) is 11.1 Å². The first-order chi connectivity index (χ1) is 16.9. The SMILES string of the molecule is CCN(CCC(=O)Nc1ccc(C(N)=O)cc1)C(=O)CNC(=O)c1ccc(-c2ccccc2)cc1. The van der Waals surface area contributed by atoms with Gasteiger partial charge in [-0.15, -0.1) is 0 Å². The number of hydrogen-bond donors (Lipinski definition) is 3. The van der Waals surface area contributed by atoms with Crippen LogP contribution >= 0.6 is 0 Å². The molecule has 0 aliphatic carbocycles. The number of rotatable bonds is 10. The maximum absolute atomic E-state index is 12.6. The lowest BCUT2D eigenvalue weighted by atomic mass is 10.0. The highest BCUT2D eigenvalue weighted by molar-refractivity contribution is 5.97. The Kier molecular flexibility index (Phi) is 8.72. The van der Waals surface area contributed by atoms with E-state index in [2.05, 4.69) is 10.6 Å². The number of anilines is 1. The molecule has 0 bridgehead atoms. The molecule has 3 aromatic rings. The number of nitrogens with zero attached hydrogens (tertiary/aromatic N) is 1. The smallest absolute Gasteiger partial charge is 0.251 e. The molecule has 4 N–H and O–H groups in total. The normalized spacial score (nSPS) is 10.3. The Morgan fingerprint density at radius 1 is 0.800 bits per heavy atom. The van der Waals surface area contributed by atoms with E-state index >= 15 is 0 Å². The van der Waals surface area contributed by atoms with Gasteiger partial charge in [-0.3, -0.25) is 19.2 Å². The summed E-state index contributed by atoms with van der Waals surface area (Å²) < 4.78 is 0. The number of carbonyl (C=O) groups is 4. The summed E-state index contributed by atoms with van der Waals surface area (Å²) >= 11 is 0. The molecule has 0 heterocycles. The van der Waals surface area contributed by atoms with E-state index in [-0.39, 0.29) is 37.2 Å². The maximum atomic E-state index is 12.6. The Morgan fingerprint density at radius 3 is 2.00 bits per heavy atom. The van der Waals surface area contributed by atoms with Gasteiger partial charge in [0, 0.05) is 36.3 Å². The quantitative estimate of drug-likeness (QED) is 0.420. The van der Waals surface area contributed by atoms with Gasteiger partial charge in [0.25, 0.3) is 5.91 Å². The molecule has 3 aromatic carbocycles. The van der Waals surface area contributed by atoms with Crippen LogP contribution in [0, 0.1) is 0 Å². The number of likely N-dealkylation sites (N-methyl/N-ethyl adjacent to an activating group) is 1. The zero-order chi connectivity index (χ0) is 25.2. The molecule has 0 aliphatic heterocycles. The summed E-state index contributed by atoms with van der Waals surface area (Å²) in [6.07, 6.45) is 0.0893. The number of nitrogens with two attached hydrogens (primary N) is 1. The lowest BCUT2D eigenvalue weighted by Crippen LogP contribution is -2.41. The van der Waals surface area contributed by atoms with Gasteiger partial charge in [0.15, 0.2) is 0 Å². The van der Waals surface area contributed by atoms with E-state index in [1.54, 1.807) is 24.3 Å². The molecule has 0 aliphatic rings. The van der Waals surface area contributed by atoms with Gasteiger partial charge in [-0.25, -0.2) is 0 Å². The van der Waals surface area contributed by atoms with Crippen molar-refractivity contribution in [1.82, 2.24) is 10.2 Å². The fraction of sp³-hybridized carbons (Fsp3) is 0.185. The van der Waals surface area contributed by atoms with Crippen molar-refractivity contribution in [2.45, 2.75) is 13.3 Å². The summed E-state index contributed by atoms with van der Waals surface area (Å²) in [4.78, 5) is 49.9. The van der Waals surface area contributed by atoms with E-state index in [0.717, 1.165) is 11.1 Å². The second kappa shape index (κ2) is 12.1. The summed E-state index contributed by atoms with van der Waals surface area (Å²) in [5.74, 6) is -1.44. The molecule has 0 spiro atoms. The Bertz CT molecular complexity index is 1180. The van der Waals surface area contributed by atoms with E-state index in [1.807, 2.05) is 49.4 Å². The van der Waals surface area contributed by atoms with Crippen molar-refractivity contribution in [2.24, 2.45) is 5.73 Å². The Hall–Kier alpha value is -4.46. The minimum Gasteiger partial charge on any atom is -0.366 e. The molecule has 35 heavy (non-hydrogen) atoms. The molecule has 0 unspecified atom stereocenters. The zero-order valence-corrected chi connectivity index (χ0v) is 19.5. The molecule has 8 heteroatoms. The van der Waals surface area contributed by atoms with Gasteiger partial charge in [0.05, 0.1) is 6.54 Å². The number of nitrogens with one attached hydrogen (secondary N) is 2. The topological polar surface area (TPSA) is 122 Å². The van der Waals surface area contributed by atoms with Crippen LogP contribution in [0.2, 0.25) is 0 Å². The average molecular weight is 473 g/mol. The van der Waals surface area contributed by atoms with E-state index < -0.39 is 5.91 Å². The molecule has 180 valence electrons. The predicted octanol–water partition coefficient (Wildman–Crippen LogP) is 3.06. The Labute approximate surface area is 204 Å². The lowest BCUT2D eigenvalue weighted by molar-refractivity contribution is -0.130. The lowest BCUT2D eigenvalue weighted by Gasteiger charge is -2.21. The third-order valence-corrected chi connectivity index (χ3v) is 5.45. The summed E-state index contributed by atoms with van der Waals surface area (Å²) in [6.45, 7) is 2.26. The Morgan fingerprint density at radius 2 is 1.40 bits per heavy atom. The van der Waals surface area contributed by atoms with Crippen LogP contribution in [-0.2, 0) is 9.59 Å². The molecule has 3 rings (SSSR count). The number of benzene rings is 3. The molecule has 8 nitrogen and oxygen atoms in total. The van der Waals surface area contributed by atoms with Gasteiger partial charge in [-0.1, -0.05) is 42.5 Å². The van der Waals surface area contributed by atoms with Crippen molar-refractivity contribution in [3.05, 3.63) is 90.0 Å². The molecule has 0 saturated heterocycles. The highest BCUT2D eigenvalue weighted by Crippen LogP contribution is 2.19. The van der Waals surface area contributed by atoms with Gasteiger partial charge in [-0.05, 0) is 54.4 Å². The van der Waals surface area contributed by atoms with E-state index in [1.165, 1.54) is 17.0 Å². The second-order valence-corrected chi connectivity index (χ2v) is 7.84. The van der Waals surface area contributed by atoms with Crippen LogP contribution < -0.4 is 16.4 Å². The summed E-state index contributed by atoms with van der Waals surface area (Å²) in [7, 11) is 0. The Balaban J connectivity index is 1.46. The fourth-order valence-corrected chi connectivity index (χ4v) is 3.45. The van der Waals surface area contributed by atoms with Crippen LogP contribution in [0.3, 0.4) is 0 Å². The molecule has 0 fully saturated rings. The molecule has 4 amide bonds. The third kappa shape index (κ3) is 7.26. The molecule has 0 atom stereocenters. The highest BCUT2D eigenvalue weighted by atomic mass is 16.2. The standard InChI is InChI=1S/C27H28N4O4/c1-2-31(17-16-24(32)30-23-14-12-21(13-15-23)26(28)34)25(33)18-29-27(35)22-10-8-20(9-11-22)19-6-4-3-5-7-19/h3-15H,2,16-18H2,1H3,(H2,28,34)(H,29,35)(H,30,32). The van der Waals surface area contributed by atoms with Crippen LogP contribution in [-0.4, -0.2) is 48.2 Å². The van der Waals surface area contributed by atoms with Gasteiger partial charge >= 0.3 is 0 Å². The average Bonchev–Trinajstić information content (AvgIpc) is 2.88. The zero-order valence-electron chi connectivity index (χ0n) is 19.5. The van der Waals surface area contributed by atoms with Crippen molar-refractivity contribution in [1.29, 1.82) is 0 Å². The largest absolute Gasteiger partial charge is 0.366 e. The minimum atomic E-state index is -0.545. The molecule has 0 radical (unpaired) electrons. The first-order valence-electron chi connectivity index (χ1n) is 11.3. The van der Waals surface area contributed by atoms with Crippen molar-refractivity contribution in [2.75, 3.05) is 25.0 Å². The molecular weight excluding hydrogens is 444 g/mol. The minimum absolute atomic E-state index is 0.0893. The summed E-state index contributed by atoms with van der Waals surface area (Å²) in [5, 5.41) is 5.36. The van der Waals surface area contributed by atoms with Gasteiger partial charge in [0.2, 0.25) is 17.7 Å². The monoisotopic (exact) mass is 472 g/mol. The van der Waals surface area contributed by atoms with E-state index in [0.29, 0.717) is 23.4 Å². The first kappa shape index (κ1) is 25.2. The molecular formula is C27H28N4O4. The summed E-state index contributed by atoms with van der Waals surface area (Å²) in [5.41, 5.74) is 8.59. The second-order valence-electron chi connectivity index (χ2n) is 7.84. The summed E-state index contributed by atoms with van der Waals surface area (Å²) in [6, 6.07) is 23.2. The van der Waals surface area contributed by atoms with Crippen LogP contribution in [0.1, 0.15) is 34.1 Å². The van der Waals surface area contributed by atoms with Crippen LogP contribution in [0.4, 0.5) is 5.69 Å². The van der Waals surface area contributed by atoms with Gasteiger partial charge in [-0.2, -0.15) is 0 Å². The number of amides is 4. The molecule has 0 aromatic heterocycles. The van der Waals surface area contributed by atoms with Crippen molar-refractivity contribution in [3.63, 3.8) is 0 Å². The van der Waals surface area contributed by atoms with Gasteiger partial charge in [0.1, 0.15) is 0 Å². The van der Waals surface area contributed by atoms with Crippen LogP contribution in [0.5, 0.6) is 0 Å². The van der Waals surface area contributed by atoms with E-state index in [9.17, 15) is 19.2 Å².